The minimum absolute atomic E-state index is 0.620. The summed E-state index contributed by atoms with van der Waals surface area (Å²) in [6.45, 7) is 6.53. The van der Waals surface area contributed by atoms with Gasteiger partial charge < -0.3 is 9.64 Å². The average molecular weight is 258 g/mol. The Morgan fingerprint density at radius 2 is 2.26 bits per heavy atom. The van der Waals surface area contributed by atoms with Gasteiger partial charge in [0.25, 0.3) is 0 Å². The van der Waals surface area contributed by atoms with Crippen LogP contribution in [0.25, 0.3) is 0 Å². The van der Waals surface area contributed by atoms with E-state index in [1.165, 1.54) is 25.9 Å². The highest BCUT2D eigenvalue weighted by atomic mass is 16.5. The van der Waals surface area contributed by atoms with Crippen molar-refractivity contribution in [2.45, 2.75) is 26.2 Å². The predicted molar refractivity (Wildman–Crippen MR) is 76.1 cm³/mol. The highest BCUT2D eigenvalue weighted by molar-refractivity contribution is 5.42. The minimum atomic E-state index is 0.620. The molecule has 1 heterocycles. The van der Waals surface area contributed by atoms with Crippen molar-refractivity contribution in [3.63, 3.8) is 0 Å². The summed E-state index contributed by atoms with van der Waals surface area (Å²) in [6.07, 6.45) is 3.66. The van der Waals surface area contributed by atoms with Gasteiger partial charge in [-0.25, -0.2) is 0 Å². The monoisotopic (exact) mass is 258 g/mol. The molecule has 0 N–H and O–H groups in total. The molecule has 0 saturated carbocycles. The van der Waals surface area contributed by atoms with Crippen LogP contribution in [-0.2, 0) is 0 Å². The predicted octanol–water partition coefficient (Wildman–Crippen LogP) is 3.06. The molecule has 0 radical (unpaired) electrons. The maximum Gasteiger partial charge on any atom is 0.137 e. The second kappa shape index (κ2) is 7.16. The topological polar surface area (TPSA) is 36.3 Å². The van der Waals surface area contributed by atoms with Crippen molar-refractivity contribution in [1.29, 1.82) is 5.26 Å². The fraction of sp³-hybridized carbons (Fsp3) is 0.562. The third-order valence-corrected chi connectivity index (χ3v) is 3.83. The number of benzene rings is 1. The summed E-state index contributed by atoms with van der Waals surface area (Å²) in [5.41, 5.74) is 0.620. The van der Waals surface area contributed by atoms with Crippen LogP contribution in [-0.4, -0.2) is 31.1 Å². The molecule has 1 saturated heterocycles. The first-order valence-electron chi connectivity index (χ1n) is 7.17. The molecule has 1 aliphatic rings. The molecule has 3 nitrogen and oxygen atoms in total. The van der Waals surface area contributed by atoms with Gasteiger partial charge in [0, 0.05) is 13.1 Å². The van der Waals surface area contributed by atoms with Crippen LogP contribution in [0.5, 0.6) is 5.75 Å². The molecule has 2 rings (SSSR count). The zero-order valence-electron chi connectivity index (χ0n) is 11.6. The number of likely N-dealkylation sites (tertiary alicyclic amines) is 1. The molecule has 0 spiro atoms. The second-order valence-corrected chi connectivity index (χ2v) is 5.17. The molecule has 102 valence electrons. The largest absolute Gasteiger partial charge is 0.492 e. The Morgan fingerprint density at radius 1 is 1.42 bits per heavy atom. The Morgan fingerprint density at radius 3 is 3.00 bits per heavy atom. The SMILES string of the molecule is CCC1CCN(CCCOc2ccccc2C#N)C1. The molecule has 1 fully saturated rings. The van der Waals surface area contributed by atoms with E-state index in [0.717, 1.165) is 18.9 Å². The van der Waals surface area contributed by atoms with Gasteiger partial charge in [-0.05, 0) is 37.4 Å². The zero-order valence-corrected chi connectivity index (χ0v) is 11.6. The Hall–Kier alpha value is -1.53. The van der Waals surface area contributed by atoms with Gasteiger partial charge in [0.1, 0.15) is 11.8 Å². The van der Waals surface area contributed by atoms with Crippen molar-refractivity contribution < 1.29 is 4.74 Å². The summed E-state index contributed by atoms with van der Waals surface area (Å²) in [7, 11) is 0. The lowest BCUT2D eigenvalue weighted by atomic mass is 10.1. The summed E-state index contributed by atoms with van der Waals surface area (Å²) in [5, 5.41) is 8.97. The fourth-order valence-corrected chi connectivity index (χ4v) is 2.60. The molecule has 0 bridgehead atoms. The molecule has 1 unspecified atom stereocenters. The van der Waals surface area contributed by atoms with E-state index in [1.807, 2.05) is 18.2 Å². The zero-order chi connectivity index (χ0) is 13.5. The molecule has 0 aromatic heterocycles. The molecule has 0 amide bonds. The highest BCUT2D eigenvalue weighted by Gasteiger charge is 2.19. The van der Waals surface area contributed by atoms with Gasteiger partial charge in [-0.3, -0.25) is 0 Å². The average Bonchev–Trinajstić information content (AvgIpc) is 2.92. The normalized spacial score (nSPS) is 19.3. The first-order chi connectivity index (χ1) is 9.33. The number of nitrogens with zero attached hydrogens (tertiary/aromatic N) is 2. The minimum Gasteiger partial charge on any atom is -0.492 e. The van der Waals surface area contributed by atoms with Gasteiger partial charge in [-0.2, -0.15) is 5.26 Å². The van der Waals surface area contributed by atoms with E-state index in [0.29, 0.717) is 17.9 Å². The van der Waals surface area contributed by atoms with E-state index in [9.17, 15) is 0 Å². The smallest absolute Gasteiger partial charge is 0.137 e. The van der Waals surface area contributed by atoms with E-state index in [1.54, 1.807) is 6.07 Å². The van der Waals surface area contributed by atoms with Crippen LogP contribution in [0.4, 0.5) is 0 Å². The number of para-hydroxylation sites is 1. The van der Waals surface area contributed by atoms with Crippen LogP contribution in [0.1, 0.15) is 31.7 Å². The van der Waals surface area contributed by atoms with Crippen LogP contribution in [0.3, 0.4) is 0 Å². The van der Waals surface area contributed by atoms with Crippen molar-refractivity contribution in [1.82, 2.24) is 4.90 Å². The summed E-state index contributed by atoms with van der Waals surface area (Å²) >= 11 is 0. The molecule has 1 aliphatic heterocycles. The Balaban J connectivity index is 1.69. The van der Waals surface area contributed by atoms with Gasteiger partial charge in [0.15, 0.2) is 0 Å². The molecular formula is C16H22N2O. The number of ether oxygens (including phenoxy) is 1. The van der Waals surface area contributed by atoms with Crippen molar-refractivity contribution >= 4 is 0 Å². The molecular weight excluding hydrogens is 236 g/mol. The maximum atomic E-state index is 8.97. The number of rotatable bonds is 6. The van der Waals surface area contributed by atoms with Gasteiger partial charge in [0.05, 0.1) is 12.2 Å². The fourth-order valence-electron chi connectivity index (χ4n) is 2.60. The van der Waals surface area contributed by atoms with E-state index in [-0.39, 0.29) is 0 Å². The molecule has 1 atom stereocenters. The Kier molecular flexibility index (Phi) is 5.23. The Bertz CT molecular complexity index is 439. The summed E-state index contributed by atoms with van der Waals surface area (Å²) in [5.74, 6) is 1.60. The van der Waals surface area contributed by atoms with Crippen molar-refractivity contribution in [3.8, 4) is 11.8 Å². The van der Waals surface area contributed by atoms with E-state index < -0.39 is 0 Å². The first-order valence-corrected chi connectivity index (χ1v) is 7.17. The van der Waals surface area contributed by atoms with E-state index in [2.05, 4.69) is 17.9 Å². The van der Waals surface area contributed by atoms with E-state index >= 15 is 0 Å². The Labute approximate surface area is 115 Å². The summed E-state index contributed by atoms with van der Waals surface area (Å²) < 4.78 is 5.69. The number of hydrogen-bond acceptors (Lipinski definition) is 3. The van der Waals surface area contributed by atoms with Crippen molar-refractivity contribution in [3.05, 3.63) is 29.8 Å². The van der Waals surface area contributed by atoms with Crippen molar-refractivity contribution in [2.75, 3.05) is 26.2 Å². The third kappa shape index (κ3) is 3.97. The highest BCUT2D eigenvalue weighted by Crippen LogP contribution is 2.19. The van der Waals surface area contributed by atoms with Crippen LogP contribution in [0, 0.1) is 17.2 Å². The van der Waals surface area contributed by atoms with E-state index in [4.69, 9.17) is 10.00 Å². The van der Waals surface area contributed by atoms with Crippen LogP contribution in [0.2, 0.25) is 0 Å². The molecule has 1 aromatic rings. The molecule has 19 heavy (non-hydrogen) atoms. The van der Waals surface area contributed by atoms with Crippen LogP contribution < -0.4 is 4.74 Å². The summed E-state index contributed by atoms with van der Waals surface area (Å²) in [6, 6.07) is 9.58. The number of nitriles is 1. The lowest BCUT2D eigenvalue weighted by molar-refractivity contribution is 0.258. The van der Waals surface area contributed by atoms with Crippen LogP contribution >= 0.6 is 0 Å². The van der Waals surface area contributed by atoms with Gasteiger partial charge in [0.2, 0.25) is 0 Å². The third-order valence-electron chi connectivity index (χ3n) is 3.83. The van der Waals surface area contributed by atoms with Crippen molar-refractivity contribution in [2.24, 2.45) is 5.92 Å². The lowest BCUT2D eigenvalue weighted by Crippen LogP contribution is -2.23. The second-order valence-electron chi connectivity index (χ2n) is 5.17. The maximum absolute atomic E-state index is 8.97. The van der Waals surface area contributed by atoms with Gasteiger partial charge in [-0.1, -0.05) is 25.5 Å². The van der Waals surface area contributed by atoms with Gasteiger partial charge >= 0.3 is 0 Å². The molecule has 0 aliphatic carbocycles. The summed E-state index contributed by atoms with van der Waals surface area (Å²) in [4.78, 5) is 2.52. The molecule has 1 aromatic carbocycles. The molecule has 3 heteroatoms. The van der Waals surface area contributed by atoms with Gasteiger partial charge in [-0.15, -0.1) is 0 Å². The quantitative estimate of drug-likeness (QED) is 0.736. The number of hydrogen-bond donors (Lipinski definition) is 0. The standard InChI is InChI=1S/C16H22N2O/c1-2-14-8-10-18(13-14)9-5-11-19-16-7-4-3-6-15(16)12-17/h3-4,6-7,14H,2,5,8-11,13H2,1H3. The van der Waals surface area contributed by atoms with Crippen LogP contribution in [0.15, 0.2) is 24.3 Å². The first kappa shape index (κ1) is 13.9. The lowest BCUT2D eigenvalue weighted by Gasteiger charge is -2.15.